The molecule has 0 saturated heterocycles. The number of rotatable bonds is 6. The minimum atomic E-state index is 0.397. The fourth-order valence-electron chi connectivity index (χ4n) is 2.02. The molecule has 1 fully saturated rings. The number of ether oxygens (including phenoxy) is 1. The van der Waals surface area contributed by atoms with Crippen molar-refractivity contribution < 1.29 is 4.74 Å². The molecule has 1 saturated carbocycles. The summed E-state index contributed by atoms with van der Waals surface area (Å²) in [5.41, 5.74) is 7.58. The van der Waals surface area contributed by atoms with Crippen LogP contribution in [0.3, 0.4) is 0 Å². The van der Waals surface area contributed by atoms with Crippen LogP contribution >= 0.6 is 11.3 Å². The lowest BCUT2D eigenvalue weighted by molar-refractivity contribution is 0.0251. The first-order valence-electron chi connectivity index (χ1n) is 6.22. The number of nitrogens with two attached hydrogens (primary N) is 1. The summed E-state index contributed by atoms with van der Waals surface area (Å²) < 4.78 is 5.82. The highest BCUT2D eigenvalue weighted by Crippen LogP contribution is 2.19. The van der Waals surface area contributed by atoms with Gasteiger partial charge in [0.15, 0.2) is 0 Å². The number of anilines is 1. The van der Waals surface area contributed by atoms with Crippen molar-refractivity contribution in [3.63, 3.8) is 0 Å². The monoisotopic (exact) mass is 256 g/mol. The van der Waals surface area contributed by atoms with Crippen LogP contribution < -0.4 is 11.1 Å². The molecule has 1 aliphatic rings. The maximum Gasteiger partial charge on any atom is 0.205 e. The molecule has 0 aliphatic heterocycles. The average molecular weight is 256 g/mol. The Morgan fingerprint density at radius 2 is 2.24 bits per heavy atom. The van der Waals surface area contributed by atoms with Gasteiger partial charge in [0, 0.05) is 19.2 Å². The largest absolute Gasteiger partial charge is 0.378 e. The van der Waals surface area contributed by atoms with Gasteiger partial charge in [-0.25, -0.2) is 0 Å². The Labute approximate surface area is 106 Å². The van der Waals surface area contributed by atoms with Gasteiger partial charge in [-0.05, 0) is 32.1 Å². The van der Waals surface area contributed by atoms with E-state index in [-0.39, 0.29) is 0 Å². The SMILES string of the molecule is NC1CCC(OCCCNc2nncs2)CC1. The summed E-state index contributed by atoms with van der Waals surface area (Å²) in [4.78, 5) is 0. The van der Waals surface area contributed by atoms with E-state index in [0.29, 0.717) is 12.1 Å². The van der Waals surface area contributed by atoms with E-state index in [9.17, 15) is 0 Å². The summed E-state index contributed by atoms with van der Waals surface area (Å²) in [5, 5.41) is 11.8. The minimum absolute atomic E-state index is 0.397. The third kappa shape index (κ3) is 4.57. The number of hydrogen-bond acceptors (Lipinski definition) is 6. The summed E-state index contributed by atoms with van der Waals surface area (Å²) in [6.45, 7) is 1.70. The minimum Gasteiger partial charge on any atom is -0.378 e. The molecule has 96 valence electrons. The number of hydrogen-bond donors (Lipinski definition) is 2. The molecule has 1 aromatic heterocycles. The molecule has 1 aliphatic carbocycles. The molecule has 2 rings (SSSR count). The van der Waals surface area contributed by atoms with Crippen LogP contribution in [0.4, 0.5) is 5.13 Å². The smallest absolute Gasteiger partial charge is 0.205 e. The molecule has 0 aromatic carbocycles. The van der Waals surface area contributed by atoms with Gasteiger partial charge >= 0.3 is 0 Å². The lowest BCUT2D eigenvalue weighted by Gasteiger charge is -2.26. The molecule has 5 nitrogen and oxygen atoms in total. The van der Waals surface area contributed by atoms with Crippen molar-refractivity contribution in [1.29, 1.82) is 0 Å². The fourth-order valence-corrected chi connectivity index (χ4v) is 2.50. The molecular formula is C11H20N4OS. The van der Waals surface area contributed by atoms with E-state index in [2.05, 4.69) is 15.5 Å². The summed E-state index contributed by atoms with van der Waals surface area (Å²) >= 11 is 1.52. The van der Waals surface area contributed by atoms with Gasteiger partial charge in [-0.2, -0.15) is 0 Å². The molecular weight excluding hydrogens is 236 g/mol. The molecule has 0 atom stereocenters. The third-order valence-corrected chi connectivity index (χ3v) is 3.68. The Morgan fingerprint density at radius 3 is 2.94 bits per heavy atom. The second kappa shape index (κ2) is 6.88. The van der Waals surface area contributed by atoms with E-state index >= 15 is 0 Å². The molecule has 1 aromatic rings. The number of nitrogens with one attached hydrogen (secondary N) is 1. The second-order valence-electron chi connectivity index (χ2n) is 4.43. The van der Waals surface area contributed by atoms with Crippen molar-refractivity contribution in [2.24, 2.45) is 5.73 Å². The Bertz CT molecular complexity index is 298. The van der Waals surface area contributed by atoms with Crippen LogP contribution in [0.1, 0.15) is 32.1 Å². The fraction of sp³-hybridized carbons (Fsp3) is 0.818. The summed E-state index contributed by atoms with van der Waals surface area (Å²) in [6.07, 6.45) is 5.87. The molecule has 0 unspecified atom stereocenters. The van der Waals surface area contributed by atoms with Gasteiger partial charge in [0.05, 0.1) is 6.10 Å². The molecule has 0 spiro atoms. The van der Waals surface area contributed by atoms with Crippen LogP contribution in [0, 0.1) is 0 Å². The van der Waals surface area contributed by atoms with Crippen molar-refractivity contribution >= 4 is 16.5 Å². The van der Waals surface area contributed by atoms with Gasteiger partial charge in [-0.15, -0.1) is 10.2 Å². The molecule has 1 heterocycles. The first-order chi connectivity index (χ1) is 8.34. The van der Waals surface area contributed by atoms with Gasteiger partial charge in [0.25, 0.3) is 0 Å². The average Bonchev–Trinajstić information content (AvgIpc) is 2.84. The van der Waals surface area contributed by atoms with Gasteiger partial charge in [0.2, 0.25) is 5.13 Å². The van der Waals surface area contributed by atoms with E-state index in [1.54, 1.807) is 5.51 Å². The normalized spacial score (nSPS) is 24.8. The maximum atomic E-state index is 5.85. The van der Waals surface area contributed by atoms with Crippen molar-refractivity contribution in [3.8, 4) is 0 Å². The zero-order valence-electron chi connectivity index (χ0n) is 9.97. The summed E-state index contributed by atoms with van der Waals surface area (Å²) in [7, 11) is 0. The predicted octanol–water partition coefficient (Wildman–Crippen LogP) is 1.63. The lowest BCUT2D eigenvalue weighted by Crippen LogP contribution is -2.30. The third-order valence-electron chi connectivity index (χ3n) is 3.03. The van der Waals surface area contributed by atoms with Crippen molar-refractivity contribution in [1.82, 2.24) is 10.2 Å². The van der Waals surface area contributed by atoms with E-state index in [0.717, 1.165) is 50.4 Å². The molecule has 17 heavy (non-hydrogen) atoms. The molecule has 0 bridgehead atoms. The highest BCUT2D eigenvalue weighted by atomic mass is 32.1. The molecule has 3 N–H and O–H groups in total. The first-order valence-corrected chi connectivity index (χ1v) is 7.10. The first kappa shape index (κ1) is 12.7. The van der Waals surface area contributed by atoms with Crippen LogP contribution in [0.5, 0.6) is 0 Å². The Morgan fingerprint density at radius 1 is 1.41 bits per heavy atom. The van der Waals surface area contributed by atoms with E-state index in [1.165, 1.54) is 11.3 Å². The zero-order valence-corrected chi connectivity index (χ0v) is 10.8. The second-order valence-corrected chi connectivity index (χ2v) is 5.27. The molecule has 0 radical (unpaired) electrons. The standard InChI is InChI=1S/C11H20N4OS/c12-9-2-4-10(5-3-9)16-7-1-6-13-11-15-14-8-17-11/h8-10H,1-7,12H2,(H,13,15). The van der Waals surface area contributed by atoms with Gasteiger partial charge in [0.1, 0.15) is 5.51 Å². The van der Waals surface area contributed by atoms with Crippen LogP contribution in [0.25, 0.3) is 0 Å². The van der Waals surface area contributed by atoms with Crippen LogP contribution in [0.15, 0.2) is 5.51 Å². The van der Waals surface area contributed by atoms with Gasteiger partial charge in [-0.1, -0.05) is 11.3 Å². The lowest BCUT2D eigenvalue weighted by atomic mass is 9.94. The van der Waals surface area contributed by atoms with Crippen molar-refractivity contribution in [3.05, 3.63) is 5.51 Å². The highest BCUT2D eigenvalue weighted by molar-refractivity contribution is 7.13. The van der Waals surface area contributed by atoms with Crippen LogP contribution in [-0.2, 0) is 4.74 Å². The van der Waals surface area contributed by atoms with Crippen LogP contribution in [-0.4, -0.2) is 35.5 Å². The van der Waals surface area contributed by atoms with Gasteiger partial charge in [-0.3, -0.25) is 0 Å². The van der Waals surface area contributed by atoms with E-state index in [1.807, 2.05) is 0 Å². The quantitative estimate of drug-likeness (QED) is 0.757. The van der Waals surface area contributed by atoms with Gasteiger partial charge < -0.3 is 15.8 Å². The highest BCUT2D eigenvalue weighted by Gasteiger charge is 2.18. The van der Waals surface area contributed by atoms with Crippen molar-refractivity contribution in [2.45, 2.75) is 44.2 Å². The Balaban J connectivity index is 1.49. The zero-order chi connectivity index (χ0) is 11.9. The Kier molecular flexibility index (Phi) is 5.15. The predicted molar refractivity (Wildman–Crippen MR) is 69.2 cm³/mol. The molecule has 0 amide bonds. The Hall–Kier alpha value is -0.720. The van der Waals surface area contributed by atoms with E-state index < -0.39 is 0 Å². The maximum absolute atomic E-state index is 5.85. The number of aromatic nitrogens is 2. The summed E-state index contributed by atoms with van der Waals surface area (Å²) in [6, 6.07) is 0.397. The summed E-state index contributed by atoms with van der Waals surface area (Å²) in [5.74, 6) is 0. The van der Waals surface area contributed by atoms with Crippen LogP contribution in [0.2, 0.25) is 0 Å². The topological polar surface area (TPSA) is 73.1 Å². The van der Waals surface area contributed by atoms with E-state index in [4.69, 9.17) is 10.5 Å². The molecule has 6 heteroatoms. The van der Waals surface area contributed by atoms with Crippen molar-refractivity contribution in [2.75, 3.05) is 18.5 Å². The number of nitrogens with zero attached hydrogens (tertiary/aromatic N) is 2.